The van der Waals surface area contributed by atoms with Crippen LogP contribution < -0.4 is 10.5 Å². The van der Waals surface area contributed by atoms with Crippen molar-refractivity contribution in [1.82, 2.24) is 9.71 Å². The second kappa shape index (κ2) is 5.25. The topological polar surface area (TPSA) is 105 Å². The summed E-state index contributed by atoms with van der Waals surface area (Å²) in [5.41, 5.74) is 5.88. The fourth-order valence-electron chi connectivity index (χ4n) is 1.46. The minimum Gasteiger partial charge on any atom is -0.504 e. The monoisotopic (exact) mass is 279 g/mol. The molecule has 4 N–H and O–H groups in total. The highest BCUT2D eigenvalue weighted by atomic mass is 32.2. The molecule has 0 aliphatic rings. The van der Waals surface area contributed by atoms with E-state index in [1.54, 1.807) is 18.2 Å². The van der Waals surface area contributed by atoms with Gasteiger partial charge in [0.15, 0.2) is 11.6 Å². The van der Waals surface area contributed by atoms with Crippen molar-refractivity contribution in [2.45, 2.75) is 11.4 Å². The molecular formula is C12H13N3O3S. The van der Waals surface area contributed by atoms with Crippen LogP contribution in [0.25, 0.3) is 0 Å². The van der Waals surface area contributed by atoms with Crippen LogP contribution in [0.4, 0.5) is 5.82 Å². The first-order chi connectivity index (χ1) is 8.99. The summed E-state index contributed by atoms with van der Waals surface area (Å²) in [6.07, 6.45) is 1.41. The fourth-order valence-corrected chi connectivity index (χ4v) is 2.50. The summed E-state index contributed by atoms with van der Waals surface area (Å²) < 4.78 is 26.3. The molecule has 2 aromatic rings. The lowest BCUT2D eigenvalue weighted by Gasteiger charge is -2.07. The number of sulfonamides is 1. The number of rotatable bonds is 4. The Balaban J connectivity index is 2.12. The van der Waals surface area contributed by atoms with Gasteiger partial charge in [0.2, 0.25) is 10.0 Å². The number of hydrogen-bond donors (Lipinski definition) is 3. The van der Waals surface area contributed by atoms with Crippen LogP contribution in [0, 0.1) is 0 Å². The third-order valence-corrected chi connectivity index (χ3v) is 3.89. The van der Waals surface area contributed by atoms with E-state index in [4.69, 9.17) is 5.73 Å². The van der Waals surface area contributed by atoms with Crippen molar-refractivity contribution in [3.05, 3.63) is 48.2 Å². The minimum absolute atomic E-state index is 0.00895. The molecule has 1 heterocycles. The second-order valence-corrected chi connectivity index (χ2v) is 5.65. The van der Waals surface area contributed by atoms with E-state index in [9.17, 15) is 13.5 Å². The highest BCUT2D eigenvalue weighted by Gasteiger charge is 2.13. The summed E-state index contributed by atoms with van der Waals surface area (Å²) in [6, 6.07) is 9.40. The zero-order valence-corrected chi connectivity index (χ0v) is 10.8. The zero-order chi connectivity index (χ0) is 13.9. The molecule has 0 unspecified atom stereocenters. The Bertz CT molecular complexity index is 672. The van der Waals surface area contributed by atoms with Crippen LogP contribution in [0.1, 0.15) is 5.56 Å². The lowest BCUT2D eigenvalue weighted by Crippen LogP contribution is -2.23. The van der Waals surface area contributed by atoms with E-state index in [0.717, 1.165) is 0 Å². The molecule has 1 aromatic carbocycles. The summed E-state index contributed by atoms with van der Waals surface area (Å²) in [5, 5.41) is 9.38. The molecule has 0 atom stereocenters. The Morgan fingerprint density at radius 2 is 1.95 bits per heavy atom. The summed E-state index contributed by atoms with van der Waals surface area (Å²) in [6.45, 7) is 0.0259. The highest BCUT2D eigenvalue weighted by Crippen LogP contribution is 2.17. The summed E-state index contributed by atoms with van der Waals surface area (Å²) in [7, 11) is -3.57. The van der Waals surface area contributed by atoms with E-state index in [0.29, 0.717) is 5.56 Å². The van der Waals surface area contributed by atoms with Gasteiger partial charge in [0.1, 0.15) is 0 Å². The molecule has 0 bridgehead atoms. The Morgan fingerprint density at radius 1 is 1.26 bits per heavy atom. The van der Waals surface area contributed by atoms with E-state index in [-0.39, 0.29) is 23.0 Å². The molecule has 0 spiro atoms. The molecule has 19 heavy (non-hydrogen) atoms. The van der Waals surface area contributed by atoms with Gasteiger partial charge in [0.25, 0.3) is 0 Å². The van der Waals surface area contributed by atoms with Gasteiger partial charge >= 0.3 is 0 Å². The van der Waals surface area contributed by atoms with Crippen molar-refractivity contribution in [2.75, 3.05) is 5.73 Å². The largest absolute Gasteiger partial charge is 0.504 e. The number of anilines is 1. The first-order valence-corrected chi connectivity index (χ1v) is 6.95. The van der Waals surface area contributed by atoms with Crippen LogP contribution in [0.15, 0.2) is 47.5 Å². The van der Waals surface area contributed by atoms with Crippen molar-refractivity contribution in [3.8, 4) is 5.75 Å². The molecular weight excluding hydrogens is 266 g/mol. The summed E-state index contributed by atoms with van der Waals surface area (Å²) in [5.74, 6) is -0.161. The molecule has 0 fully saturated rings. The maximum absolute atomic E-state index is 11.9. The number of nitrogens with two attached hydrogens (primary N) is 1. The summed E-state index contributed by atoms with van der Waals surface area (Å²) in [4.78, 5) is 3.93. The van der Waals surface area contributed by atoms with E-state index >= 15 is 0 Å². The molecule has 0 amide bonds. The Labute approximate surface area is 111 Å². The number of pyridine rings is 1. The number of aromatic nitrogens is 1. The molecule has 0 aliphatic carbocycles. The van der Waals surface area contributed by atoms with Gasteiger partial charge in [-0.05, 0) is 23.8 Å². The van der Waals surface area contributed by atoms with Gasteiger partial charge in [0.05, 0.1) is 4.90 Å². The lowest BCUT2D eigenvalue weighted by atomic mass is 10.3. The Hall–Kier alpha value is -2.12. The average molecular weight is 279 g/mol. The van der Waals surface area contributed by atoms with Crippen LogP contribution in [0.5, 0.6) is 5.75 Å². The van der Waals surface area contributed by atoms with Gasteiger partial charge < -0.3 is 10.8 Å². The van der Waals surface area contributed by atoms with E-state index in [2.05, 4.69) is 9.71 Å². The molecule has 2 rings (SSSR count). The first kappa shape index (κ1) is 13.3. The molecule has 0 aliphatic heterocycles. The third kappa shape index (κ3) is 3.21. The first-order valence-electron chi connectivity index (χ1n) is 5.47. The molecule has 6 nitrogen and oxygen atoms in total. The van der Waals surface area contributed by atoms with Crippen LogP contribution in [-0.4, -0.2) is 18.5 Å². The van der Waals surface area contributed by atoms with E-state index < -0.39 is 10.0 Å². The number of benzene rings is 1. The van der Waals surface area contributed by atoms with E-state index in [1.807, 2.05) is 0 Å². The molecule has 0 radical (unpaired) electrons. The molecule has 1 aromatic heterocycles. The summed E-state index contributed by atoms with van der Waals surface area (Å²) >= 11 is 0. The Morgan fingerprint density at radius 3 is 2.58 bits per heavy atom. The van der Waals surface area contributed by atoms with Gasteiger partial charge in [0, 0.05) is 12.7 Å². The van der Waals surface area contributed by atoms with Crippen LogP contribution in [-0.2, 0) is 16.6 Å². The van der Waals surface area contributed by atoms with Crippen molar-refractivity contribution in [3.63, 3.8) is 0 Å². The number of nitrogens with zero attached hydrogens (tertiary/aromatic N) is 1. The average Bonchev–Trinajstić information content (AvgIpc) is 2.41. The number of hydrogen-bond acceptors (Lipinski definition) is 5. The predicted octanol–water partition coefficient (Wildman–Crippen LogP) is 0.848. The molecule has 100 valence electrons. The smallest absolute Gasteiger partial charge is 0.240 e. The van der Waals surface area contributed by atoms with Crippen LogP contribution >= 0.6 is 0 Å². The normalized spacial score (nSPS) is 11.4. The van der Waals surface area contributed by atoms with Gasteiger partial charge in [-0.2, -0.15) is 0 Å². The van der Waals surface area contributed by atoms with E-state index in [1.165, 1.54) is 24.4 Å². The number of nitrogen functional groups attached to an aromatic ring is 1. The Kier molecular flexibility index (Phi) is 3.68. The third-order valence-electron chi connectivity index (χ3n) is 2.47. The van der Waals surface area contributed by atoms with Crippen molar-refractivity contribution < 1.29 is 13.5 Å². The number of nitrogens with one attached hydrogen (secondary N) is 1. The van der Waals surface area contributed by atoms with Gasteiger partial charge in [-0.3, -0.25) is 0 Å². The molecule has 0 saturated heterocycles. The second-order valence-electron chi connectivity index (χ2n) is 3.89. The van der Waals surface area contributed by atoms with Crippen LogP contribution in [0.3, 0.4) is 0 Å². The van der Waals surface area contributed by atoms with Crippen LogP contribution in [0.2, 0.25) is 0 Å². The standard InChI is InChI=1S/C12H13N3O3S/c13-12-11(16)6-9(7-14-12)8-15-19(17,18)10-4-2-1-3-5-10/h1-7,15-16H,8H2,(H2,13,14). The van der Waals surface area contributed by atoms with Crippen molar-refractivity contribution in [1.29, 1.82) is 0 Å². The van der Waals surface area contributed by atoms with Gasteiger partial charge in [-0.25, -0.2) is 18.1 Å². The van der Waals surface area contributed by atoms with Gasteiger partial charge in [-0.15, -0.1) is 0 Å². The highest BCUT2D eigenvalue weighted by molar-refractivity contribution is 7.89. The molecule has 0 saturated carbocycles. The minimum atomic E-state index is -3.57. The van der Waals surface area contributed by atoms with Crippen molar-refractivity contribution in [2.24, 2.45) is 0 Å². The SMILES string of the molecule is Nc1ncc(CNS(=O)(=O)c2ccccc2)cc1O. The molecule has 7 heteroatoms. The fraction of sp³-hybridized carbons (Fsp3) is 0.0833. The lowest BCUT2D eigenvalue weighted by molar-refractivity contribution is 0.474. The maximum Gasteiger partial charge on any atom is 0.240 e. The zero-order valence-electron chi connectivity index (χ0n) is 9.95. The quantitative estimate of drug-likeness (QED) is 0.769. The number of aromatic hydroxyl groups is 1. The van der Waals surface area contributed by atoms with Gasteiger partial charge in [-0.1, -0.05) is 18.2 Å². The maximum atomic E-state index is 11.9. The van der Waals surface area contributed by atoms with Crippen molar-refractivity contribution >= 4 is 15.8 Å². The predicted molar refractivity (Wildman–Crippen MR) is 70.8 cm³/mol.